The molecule has 2 rings (SSSR count). The van der Waals surface area contributed by atoms with Gasteiger partial charge >= 0.3 is 0 Å². The van der Waals surface area contributed by atoms with Gasteiger partial charge in [0.2, 0.25) is 5.95 Å². The fourth-order valence-electron chi connectivity index (χ4n) is 1.73. The van der Waals surface area contributed by atoms with Gasteiger partial charge in [0.05, 0.1) is 6.04 Å². The summed E-state index contributed by atoms with van der Waals surface area (Å²) in [6.45, 7) is 3.57. The Kier molecular flexibility index (Phi) is 3.41. The summed E-state index contributed by atoms with van der Waals surface area (Å²) in [6.07, 6.45) is 1.57. The van der Waals surface area contributed by atoms with Gasteiger partial charge in [-0.05, 0) is 19.9 Å². The zero-order valence-corrected chi connectivity index (χ0v) is 11.0. The highest BCUT2D eigenvalue weighted by Crippen LogP contribution is 2.09. The minimum absolute atomic E-state index is 0.0801. The maximum absolute atomic E-state index is 12.1. The Balaban J connectivity index is 2.15. The van der Waals surface area contributed by atoms with Gasteiger partial charge in [0.15, 0.2) is 5.82 Å². The van der Waals surface area contributed by atoms with Crippen LogP contribution in [0.25, 0.3) is 0 Å². The molecular formula is C11H15N7O. The molecule has 3 N–H and O–H groups in total. The van der Waals surface area contributed by atoms with Crippen molar-refractivity contribution in [2.45, 2.75) is 19.9 Å². The molecule has 2 aromatic rings. The van der Waals surface area contributed by atoms with Gasteiger partial charge < -0.3 is 15.6 Å². The maximum Gasteiger partial charge on any atom is 0.270 e. The summed E-state index contributed by atoms with van der Waals surface area (Å²) < 4.78 is 1.74. The van der Waals surface area contributed by atoms with E-state index >= 15 is 0 Å². The van der Waals surface area contributed by atoms with Crippen molar-refractivity contribution in [2.75, 3.05) is 5.73 Å². The summed E-state index contributed by atoms with van der Waals surface area (Å²) in [5.74, 6) is 0.413. The van der Waals surface area contributed by atoms with E-state index in [0.717, 1.165) is 0 Å². The van der Waals surface area contributed by atoms with Crippen molar-refractivity contribution in [3.8, 4) is 0 Å². The van der Waals surface area contributed by atoms with Gasteiger partial charge in [0.1, 0.15) is 12.0 Å². The number of nitrogens with one attached hydrogen (secondary N) is 1. The molecule has 0 saturated carbocycles. The molecule has 1 atom stereocenters. The second-order valence-corrected chi connectivity index (χ2v) is 4.25. The molecule has 1 amide bonds. The molecule has 0 aliphatic heterocycles. The van der Waals surface area contributed by atoms with Crippen molar-refractivity contribution in [1.29, 1.82) is 0 Å². The molecule has 0 bridgehead atoms. The number of nitrogens with zero attached hydrogens (tertiary/aromatic N) is 5. The zero-order chi connectivity index (χ0) is 14.0. The normalized spacial score (nSPS) is 12.2. The molecule has 8 heteroatoms. The molecule has 0 aliphatic carbocycles. The molecule has 0 spiro atoms. The summed E-state index contributed by atoms with van der Waals surface area (Å²) in [5, 5.41) is 10.5. The van der Waals surface area contributed by atoms with Crippen LogP contribution in [0.1, 0.15) is 35.0 Å². The van der Waals surface area contributed by atoms with Gasteiger partial charge in [0, 0.05) is 12.7 Å². The Bertz CT molecular complexity index is 587. The summed E-state index contributed by atoms with van der Waals surface area (Å²) in [5.41, 5.74) is 6.40. The van der Waals surface area contributed by atoms with Crippen LogP contribution in [0.3, 0.4) is 0 Å². The first-order chi connectivity index (χ1) is 8.97. The lowest BCUT2D eigenvalue weighted by molar-refractivity contribution is 0.0932. The molecule has 100 valence electrons. The second-order valence-electron chi connectivity index (χ2n) is 4.25. The summed E-state index contributed by atoms with van der Waals surface area (Å²) in [7, 11) is 1.81. The number of rotatable bonds is 3. The predicted molar refractivity (Wildman–Crippen MR) is 68.1 cm³/mol. The quantitative estimate of drug-likeness (QED) is 0.803. The van der Waals surface area contributed by atoms with Crippen molar-refractivity contribution < 1.29 is 4.79 Å². The molecule has 0 saturated heterocycles. The molecule has 1 unspecified atom stereocenters. The van der Waals surface area contributed by atoms with E-state index in [1.54, 1.807) is 23.9 Å². The third-order valence-corrected chi connectivity index (χ3v) is 2.59. The number of hydrogen-bond acceptors (Lipinski definition) is 6. The molecule has 0 fully saturated rings. The molecule has 8 nitrogen and oxygen atoms in total. The lowest BCUT2D eigenvalue weighted by Crippen LogP contribution is -2.29. The van der Waals surface area contributed by atoms with E-state index in [0.29, 0.717) is 11.5 Å². The number of hydrogen-bond donors (Lipinski definition) is 2. The highest BCUT2D eigenvalue weighted by Gasteiger charge is 2.16. The highest BCUT2D eigenvalue weighted by atomic mass is 16.1. The number of carbonyl (C=O) groups is 1. The largest absolute Gasteiger partial charge is 0.368 e. The first-order valence-corrected chi connectivity index (χ1v) is 5.73. The minimum Gasteiger partial charge on any atom is -0.368 e. The third-order valence-electron chi connectivity index (χ3n) is 2.59. The average Bonchev–Trinajstić information content (AvgIpc) is 2.74. The van der Waals surface area contributed by atoms with Crippen LogP contribution in [-0.2, 0) is 7.05 Å². The Hall–Kier alpha value is -2.51. The standard InChI is InChI=1S/C11H15N7O/c1-6-4-8(16-11(12)14-6)10(19)15-7(2)9-17-13-5-18(9)3/h4-5,7H,1-3H3,(H,15,19)(H2,12,14,16). The van der Waals surface area contributed by atoms with Crippen LogP contribution in [-0.4, -0.2) is 30.6 Å². The molecule has 2 heterocycles. The number of nitrogens with two attached hydrogens (primary N) is 1. The Morgan fingerprint density at radius 2 is 2.21 bits per heavy atom. The van der Waals surface area contributed by atoms with Gasteiger partial charge in [-0.25, -0.2) is 9.97 Å². The van der Waals surface area contributed by atoms with Crippen molar-refractivity contribution in [3.63, 3.8) is 0 Å². The van der Waals surface area contributed by atoms with Crippen LogP contribution in [0.2, 0.25) is 0 Å². The summed E-state index contributed by atoms with van der Waals surface area (Å²) in [6, 6.07) is 1.30. The van der Waals surface area contributed by atoms with Crippen molar-refractivity contribution >= 4 is 11.9 Å². The van der Waals surface area contributed by atoms with E-state index < -0.39 is 0 Å². The molecule has 19 heavy (non-hydrogen) atoms. The third kappa shape index (κ3) is 2.84. The Morgan fingerprint density at radius 3 is 2.79 bits per heavy atom. The fourth-order valence-corrected chi connectivity index (χ4v) is 1.73. The van der Waals surface area contributed by atoms with E-state index in [-0.39, 0.29) is 23.6 Å². The number of aromatic nitrogens is 5. The Morgan fingerprint density at radius 1 is 1.47 bits per heavy atom. The molecule has 0 aliphatic rings. The number of carbonyl (C=O) groups excluding carboxylic acids is 1. The van der Waals surface area contributed by atoms with Crippen LogP contribution in [0.15, 0.2) is 12.4 Å². The predicted octanol–water partition coefficient (Wildman–Crippen LogP) is -0.0133. The average molecular weight is 261 g/mol. The number of amides is 1. The zero-order valence-electron chi connectivity index (χ0n) is 11.0. The fraction of sp³-hybridized carbons (Fsp3) is 0.364. The van der Waals surface area contributed by atoms with Gasteiger partial charge in [-0.1, -0.05) is 0 Å². The van der Waals surface area contributed by atoms with E-state index in [1.165, 1.54) is 0 Å². The lowest BCUT2D eigenvalue weighted by Gasteiger charge is -2.12. The molecular weight excluding hydrogens is 246 g/mol. The Labute approximate surface area is 110 Å². The number of nitrogen functional groups attached to an aromatic ring is 1. The number of aryl methyl sites for hydroxylation is 2. The second kappa shape index (κ2) is 5.01. The SMILES string of the molecule is Cc1cc(C(=O)NC(C)c2nncn2C)nc(N)n1. The van der Waals surface area contributed by atoms with Crippen LogP contribution in [0, 0.1) is 6.92 Å². The van der Waals surface area contributed by atoms with E-state index in [1.807, 2.05) is 14.0 Å². The topological polar surface area (TPSA) is 112 Å². The number of anilines is 1. The smallest absolute Gasteiger partial charge is 0.270 e. The van der Waals surface area contributed by atoms with E-state index in [4.69, 9.17) is 5.73 Å². The molecule has 0 radical (unpaired) electrons. The van der Waals surface area contributed by atoms with E-state index in [9.17, 15) is 4.79 Å². The molecule has 2 aromatic heterocycles. The van der Waals surface area contributed by atoms with Gasteiger partial charge in [0.25, 0.3) is 5.91 Å². The molecule has 0 aromatic carbocycles. The summed E-state index contributed by atoms with van der Waals surface area (Å²) in [4.78, 5) is 19.9. The monoisotopic (exact) mass is 261 g/mol. The van der Waals surface area contributed by atoms with Crippen molar-refractivity contribution in [2.24, 2.45) is 7.05 Å². The lowest BCUT2D eigenvalue weighted by atomic mass is 10.2. The summed E-state index contributed by atoms with van der Waals surface area (Å²) >= 11 is 0. The van der Waals surface area contributed by atoms with Crippen molar-refractivity contribution in [3.05, 3.63) is 29.6 Å². The van der Waals surface area contributed by atoms with E-state index in [2.05, 4.69) is 25.5 Å². The maximum atomic E-state index is 12.1. The van der Waals surface area contributed by atoms with Crippen LogP contribution < -0.4 is 11.1 Å². The minimum atomic E-state index is -0.326. The van der Waals surface area contributed by atoms with Crippen LogP contribution in [0.4, 0.5) is 5.95 Å². The van der Waals surface area contributed by atoms with Gasteiger partial charge in [-0.15, -0.1) is 10.2 Å². The van der Waals surface area contributed by atoms with Crippen LogP contribution >= 0.6 is 0 Å². The first-order valence-electron chi connectivity index (χ1n) is 5.73. The van der Waals surface area contributed by atoms with Crippen molar-refractivity contribution in [1.82, 2.24) is 30.0 Å². The van der Waals surface area contributed by atoms with Gasteiger partial charge in [-0.2, -0.15) is 0 Å². The highest BCUT2D eigenvalue weighted by molar-refractivity contribution is 5.92. The van der Waals surface area contributed by atoms with Crippen LogP contribution in [0.5, 0.6) is 0 Å². The first kappa shape index (κ1) is 12.9. The van der Waals surface area contributed by atoms with Gasteiger partial charge in [-0.3, -0.25) is 4.79 Å².